The monoisotopic (exact) mass is 402 g/mol. The number of carbonyl (C=O) groups is 1. The Hall–Kier alpha value is -3.32. The number of aryl methyl sites for hydroxylation is 1. The predicted octanol–water partition coefficient (Wildman–Crippen LogP) is 2.92. The van der Waals surface area contributed by atoms with Gasteiger partial charge in [-0.3, -0.25) is 14.7 Å². The first kappa shape index (κ1) is 20.0. The Bertz CT molecular complexity index is 1000. The molecule has 0 bridgehead atoms. The van der Waals surface area contributed by atoms with Crippen LogP contribution < -0.4 is 10.2 Å². The highest BCUT2D eigenvalue weighted by Crippen LogP contribution is 2.25. The van der Waals surface area contributed by atoms with Gasteiger partial charge >= 0.3 is 0 Å². The lowest BCUT2D eigenvalue weighted by Crippen LogP contribution is -2.49. The molecule has 1 N–H and O–H groups in total. The van der Waals surface area contributed by atoms with Gasteiger partial charge in [-0.2, -0.15) is 0 Å². The highest BCUT2D eigenvalue weighted by molar-refractivity contribution is 5.92. The summed E-state index contributed by atoms with van der Waals surface area (Å²) in [4.78, 5) is 30.5. The Balaban J connectivity index is 1.40. The fraction of sp³-hybridized carbons (Fsp3) is 0.304. The molecule has 0 radical (unpaired) electrons. The van der Waals surface area contributed by atoms with Crippen LogP contribution in [0.15, 0.2) is 54.9 Å². The quantitative estimate of drug-likeness (QED) is 0.707. The molecule has 1 fully saturated rings. The van der Waals surface area contributed by atoms with E-state index in [9.17, 15) is 4.79 Å². The number of nitrogens with one attached hydrogen (secondary N) is 1. The minimum atomic E-state index is 0.0163. The Labute approximate surface area is 176 Å². The van der Waals surface area contributed by atoms with E-state index in [1.54, 1.807) is 12.4 Å². The first-order valence-corrected chi connectivity index (χ1v) is 10.2. The Morgan fingerprint density at radius 2 is 1.77 bits per heavy atom. The molecule has 1 aliphatic heterocycles. The van der Waals surface area contributed by atoms with E-state index >= 15 is 0 Å². The SMILES string of the molecule is Cc1nc(-c2cccnc2)nc(N2CCN(CC(=O)Nc3ccccc3)CC2)c1C. The molecule has 4 rings (SSSR count). The molecule has 0 saturated carbocycles. The Morgan fingerprint density at radius 3 is 2.47 bits per heavy atom. The summed E-state index contributed by atoms with van der Waals surface area (Å²) in [6, 6.07) is 13.4. The van der Waals surface area contributed by atoms with E-state index in [1.807, 2.05) is 49.4 Å². The number of aromatic nitrogens is 3. The summed E-state index contributed by atoms with van der Waals surface area (Å²) in [5.74, 6) is 1.68. The van der Waals surface area contributed by atoms with Crippen molar-refractivity contribution >= 4 is 17.4 Å². The van der Waals surface area contributed by atoms with Crippen LogP contribution in [0.5, 0.6) is 0 Å². The number of rotatable bonds is 5. The second kappa shape index (κ2) is 9.00. The van der Waals surface area contributed by atoms with Crippen molar-refractivity contribution in [3.8, 4) is 11.4 Å². The standard InChI is InChI=1S/C23H26N6O/c1-17-18(2)25-22(19-7-6-10-24-15-19)27-23(17)29-13-11-28(12-14-29)16-21(30)26-20-8-4-3-5-9-20/h3-10,15H,11-14,16H2,1-2H3,(H,26,30). The van der Waals surface area contributed by atoms with Crippen LogP contribution in [0.25, 0.3) is 11.4 Å². The van der Waals surface area contributed by atoms with Crippen molar-refractivity contribution in [2.75, 3.05) is 42.9 Å². The van der Waals surface area contributed by atoms with Crippen LogP contribution in [-0.2, 0) is 4.79 Å². The van der Waals surface area contributed by atoms with Gasteiger partial charge in [-0.25, -0.2) is 9.97 Å². The van der Waals surface area contributed by atoms with Gasteiger partial charge in [0.1, 0.15) is 5.82 Å². The van der Waals surface area contributed by atoms with Gasteiger partial charge in [-0.1, -0.05) is 18.2 Å². The van der Waals surface area contributed by atoms with Gasteiger partial charge in [0.25, 0.3) is 0 Å². The molecule has 154 valence electrons. The number of piperazine rings is 1. The van der Waals surface area contributed by atoms with Crippen molar-refractivity contribution in [1.82, 2.24) is 19.9 Å². The van der Waals surface area contributed by atoms with Crippen LogP contribution in [0.2, 0.25) is 0 Å². The van der Waals surface area contributed by atoms with E-state index in [0.29, 0.717) is 12.4 Å². The maximum atomic E-state index is 12.3. The number of para-hydroxylation sites is 1. The van der Waals surface area contributed by atoms with Crippen LogP contribution >= 0.6 is 0 Å². The molecular weight excluding hydrogens is 376 g/mol. The number of nitrogens with zero attached hydrogens (tertiary/aromatic N) is 5. The third-order valence-electron chi connectivity index (χ3n) is 5.38. The summed E-state index contributed by atoms with van der Waals surface area (Å²) in [5.41, 5.74) is 3.82. The molecule has 0 aliphatic carbocycles. The highest BCUT2D eigenvalue weighted by atomic mass is 16.2. The summed E-state index contributed by atoms with van der Waals surface area (Å²) in [7, 11) is 0. The summed E-state index contributed by atoms with van der Waals surface area (Å²) >= 11 is 0. The molecule has 1 aliphatic rings. The van der Waals surface area contributed by atoms with E-state index < -0.39 is 0 Å². The average molecular weight is 403 g/mol. The van der Waals surface area contributed by atoms with Crippen LogP contribution in [0.3, 0.4) is 0 Å². The second-order valence-corrected chi connectivity index (χ2v) is 7.50. The van der Waals surface area contributed by atoms with Gasteiger partial charge in [0, 0.05) is 61.1 Å². The molecule has 0 spiro atoms. The molecule has 3 aromatic rings. The second-order valence-electron chi connectivity index (χ2n) is 7.50. The van der Waals surface area contributed by atoms with Gasteiger partial charge in [0.2, 0.25) is 5.91 Å². The smallest absolute Gasteiger partial charge is 0.238 e. The van der Waals surface area contributed by atoms with Crippen molar-refractivity contribution in [3.63, 3.8) is 0 Å². The molecule has 30 heavy (non-hydrogen) atoms. The molecule has 7 nitrogen and oxygen atoms in total. The number of pyridine rings is 1. The molecule has 1 amide bonds. The van der Waals surface area contributed by atoms with Crippen molar-refractivity contribution in [2.24, 2.45) is 0 Å². The van der Waals surface area contributed by atoms with Crippen molar-refractivity contribution in [1.29, 1.82) is 0 Å². The normalized spacial score (nSPS) is 14.5. The summed E-state index contributed by atoms with van der Waals surface area (Å²) in [5, 5.41) is 2.95. The molecule has 0 unspecified atom stereocenters. The largest absolute Gasteiger partial charge is 0.354 e. The topological polar surface area (TPSA) is 74.2 Å². The number of carbonyl (C=O) groups excluding carboxylic acids is 1. The molecular formula is C23H26N6O. The Kier molecular flexibility index (Phi) is 5.99. The van der Waals surface area contributed by atoms with E-state index in [-0.39, 0.29) is 5.91 Å². The van der Waals surface area contributed by atoms with Crippen molar-refractivity contribution < 1.29 is 4.79 Å². The first-order chi connectivity index (χ1) is 14.6. The maximum absolute atomic E-state index is 12.3. The highest BCUT2D eigenvalue weighted by Gasteiger charge is 2.22. The molecule has 2 aromatic heterocycles. The maximum Gasteiger partial charge on any atom is 0.238 e. The lowest BCUT2D eigenvalue weighted by molar-refractivity contribution is -0.117. The summed E-state index contributed by atoms with van der Waals surface area (Å²) in [6.07, 6.45) is 3.54. The fourth-order valence-electron chi connectivity index (χ4n) is 3.59. The number of hydrogen-bond donors (Lipinski definition) is 1. The van der Waals surface area contributed by atoms with E-state index in [4.69, 9.17) is 4.98 Å². The average Bonchev–Trinajstić information content (AvgIpc) is 2.77. The van der Waals surface area contributed by atoms with E-state index in [1.165, 1.54) is 0 Å². The zero-order valence-electron chi connectivity index (χ0n) is 17.4. The van der Waals surface area contributed by atoms with E-state index in [2.05, 4.69) is 32.0 Å². The van der Waals surface area contributed by atoms with Crippen LogP contribution in [0.1, 0.15) is 11.3 Å². The number of benzene rings is 1. The third kappa shape index (κ3) is 4.63. The van der Waals surface area contributed by atoms with E-state index in [0.717, 1.165) is 54.5 Å². The Morgan fingerprint density at radius 1 is 1.00 bits per heavy atom. The van der Waals surface area contributed by atoms with Crippen molar-refractivity contribution in [3.05, 3.63) is 66.1 Å². The molecule has 1 aromatic carbocycles. The minimum Gasteiger partial charge on any atom is -0.354 e. The van der Waals surface area contributed by atoms with Gasteiger partial charge in [-0.05, 0) is 38.1 Å². The molecule has 3 heterocycles. The van der Waals surface area contributed by atoms with Gasteiger partial charge < -0.3 is 10.2 Å². The van der Waals surface area contributed by atoms with Crippen LogP contribution in [0, 0.1) is 13.8 Å². The summed E-state index contributed by atoms with van der Waals surface area (Å²) in [6.45, 7) is 7.75. The first-order valence-electron chi connectivity index (χ1n) is 10.2. The number of anilines is 2. The van der Waals surface area contributed by atoms with Gasteiger partial charge in [0.15, 0.2) is 5.82 Å². The number of hydrogen-bond acceptors (Lipinski definition) is 6. The predicted molar refractivity (Wildman–Crippen MR) is 118 cm³/mol. The third-order valence-corrected chi connectivity index (χ3v) is 5.38. The molecule has 1 saturated heterocycles. The molecule has 0 atom stereocenters. The molecule has 7 heteroatoms. The number of amides is 1. The fourth-order valence-corrected chi connectivity index (χ4v) is 3.59. The minimum absolute atomic E-state index is 0.0163. The zero-order chi connectivity index (χ0) is 20.9. The zero-order valence-corrected chi connectivity index (χ0v) is 17.4. The lowest BCUT2D eigenvalue weighted by atomic mass is 10.2. The van der Waals surface area contributed by atoms with Crippen LogP contribution in [0.4, 0.5) is 11.5 Å². The van der Waals surface area contributed by atoms with Crippen LogP contribution in [-0.4, -0.2) is 58.5 Å². The van der Waals surface area contributed by atoms with Gasteiger partial charge in [0.05, 0.1) is 6.54 Å². The summed E-state index contributed by atoms with van der Waals surface area (Å²) < 4.78 is 0. The van der Waals surface area contributed by atoms with Crippen molar-refractivity contribution in [2.45, 2.75) is 13.8 Å². The van der Waals surface area contributed by atoms with Gasteiger partial charge in [-0.15, -0.1) is 0 Å². The lowest BCUT2D eigenvalue weighted by Gasteiger charge is -2.36.